The molecule has 17 heavy (non-hydrogen) atoms. The standard InChI is InChI=1S/C14H19NO2/c1-10-7-11(2)9-12(8-10)14(17)15-5-3-13(16)4-6-15/h7-9,13,16H,3-6H2,1-2H3. The Morgan fingerprint density at radius 2 is 1.71 bits per heavy atom. The van der Waals surface area contributed by atoms with Crippen LogP contribution in [0.5, 0.6) is 0 Å². The third kappa shape index (κ3) is 2.86. The number of hydrogen-bond donors (Lipinski definition) is 1. The molecule has 1 aromatic rings. The Balaban J connectivity index is 2.14. The Bertz CT molecular complexity index is 400. The lowest BCUT2D eigenvalue weighted by Gasteiger charge is -2.29. The van der Waals surface area contributed by atoms with Gasteiger partial charge in [0.05, 0.1) is 6.10 Å². The molecule has 1 saturated heterocycles. The number of rotatable bonds is 1. The summed E-state index contributed by atoms with van der Waals surface area (Å²) in [6.45, 7) is 5.33. The van der Waals surface area contributed by atoms with Crippen molar-refractivity contribution in [2.45, 2.75) is 32.8 Å². The number of amides is 1. The van der Waals surface area contributed by atoms with Gasteiger partial charge in [-0.15, -0.1) is 0 Å². The maximum atomic E-state index is 12.3. The van der Waals surface area contributed by atoms with E-state index in [2.05, 4.69) is 6.07 Å². The first kappa shape index (κ1) is 12.1. The lowest BCUT2D eigenvalue weighted by molar-refractivity contribution is 0.0546. The maximum Gasteiger partial charge on any atom is 0.253 e. The van der Waals surface area contributed by atoms with Crippen molar-refractivity contribution in [2.75, 3.05) is 13.1 Å². The summed E-state index contributed by atoms with van der Waals surface area (Å²) in [7, 11) is 0. The molecule has 0 unspecified atom stereocenters. The lowest BCUT2D eigenvalue weighted by atomic mass is 10.0. The third-order valence-corrected chi connectivity index (χ3v) is 3.22. The van der Waals surface area contributed by atoms with E-state index >= 15 is 0 Å². The molecule has 1 aromatic carbocycles. The predicted octanol–water partition coefficient (Wildman–Crippen LogP) is 1.90. The summed E-state index contributed by atoms with van der Waals surface area (Å²) in [5.74, 6) is 0.0868. The van der Waals surface area contributed by atoms with Gasteiger partial charge in [-0.05, 0) is 38.8 Å². The molecule has 0 radical (unpaired) electrons. The van der Waals surface area contributed by atoms with Crippen molar-refractivity contribution in [3.05, 3.63) is 34.9 Å². The highest BCUT2D eigenvalue weighted by Crippen LogP contribution is 2.16. The molecule has 0 bridgehead atoms. The van der Waals surface area contributed by atoms with Gasteiger partial charge >= 0.3 is 0 Å². The van der Waals surface area contributed by atoms with E-state index in [-0.39, 0.29) is 12.0 Å². The van der Waals surface area contributed by atoms with E-state index < -0.39 is 0 Å². The largest absolute Gasteiger partial charge is 0.393 e. The van der Waals surface area contributed by atoms with Gasteiger partial charge in [0.1, 0.15) is 0 Å². The third-order valence-electron chi connectivity index (χ3n) is 3.22. The summed E-state index contributed by atoms with van der Waals surface area (Å²) in [5.41, 5.74) is 3.00. The fraction of sp³-hybridized carbons (Fsp3) is 0.500. The van der Waals surface area contributed by atoms with E-state index in [1.807, 2.05) is 30.9 Å². The molecule has 0 aliphatic carbocycles. The first-order valence-electron chi connectivity index (χ1n) is 6.12. The number of aliphatic hydroxyl groups is 1. The molecule has 0 spiro atoms. The number of aryl methyl sites for hydroxylation is 2. The van der Waals surface area contributed by atoms with Crippen LogP contribution in [0.3, 0.4) is 0 Å². The van der Waals surface area contributed by atoms with Crippen molar-refractivity contribution in [3.63, 3.8) is 0 Å². The number of hydrogen-bond acceptors (Lipinski definition) is 2. The van der Waals surface area contributed by atoms with Gasteiger partial charge in [0, 0.05) is 18.7 Å². The molecule has 0 atom stereocenters. The number of carbonyl (C=O) groups is 1. The van der Waals surface area contributed by atoms with Crippen molar-refractivity contribution in [1.29, 1.82) is 0 Å². The van der Waals surface area contributed by atoms with Crippen LogP contribution in [0, 0.1) is 13.8 Å². The second-order valence-electron chi connectivity index (χ2n) is 4.90. The van der Waals surface area contributed by atoms with Crippen LogP contribution >= 0.6 is 0 Å². The highest BCUT2D eigenvalue weighted by molar-refractivity contribution is 5.94. The van der Waals surface area contributed by atoms with Gasteiger partial charge in [0.15, 0.2) is 0 Å². The molecule has 0 aromatic heterocycles. The van der Waals surface area contributed by atoms with Gasteiger partial charge in [-0.2, -0.15) is 0 Å². The predicted molar refractivity (Wildman–Crippen MR) is 67.1 cm³/mol. The molecule has 0 saturated carbocycles. The molecule has 1 fully saturated rings. The summed E-state index contributed by atoms with van der Waals surface area (Å²) in [6, 6.07) is 5.93. The number of piperidine rings is 1. The van der Waals surface area contributed by atoms with E-state index in [1.165, 1.54) is 0 Å². The van der Waals surface area contributed by atoms with Crippen LogP contribution < -0.4 is 0 Å². The Morgan fingerprint density at radius 3 is 2.24 bits per heavy atom. The highest BCUT2D eigenvalue weighted by atomic mass is 16.3. The van der Waals surface area contributed by atoms with Crippen molar-refractivity contribution in [2.24, 2.45) is 0 Å². The highest BCUT2D eigenvalue weighted by Gasteiger charge is 2.22. The number of aliphatic hydroxyl groups excluding tert-OH is 1. The molecule has 1 N–H and O–H groups in total. The van der Waals surface area contributed by atoms with E-state index in [9.17, 15) is 9.90 Å². The lowest BCUT2D eigenvalue weighted by Crippen LogP contribution is -2.40. The number of nitrogens with zero attached hydrogens (tertiary/aromatic N) is 1. The van der Waals surface area contributed by atoms with Crippen LogP contribution in [0.4, 0.5) is 0 Å². The summed E-state index contributed by atoms with van der Waals surface area (Å²) in [5, 5.41) is 9.43. The monoisotopic (exact) mass is 233 g/mol. The van der Waals surface area contributed by atoms with Gasteiger partial charge in [-0.25, -0.2) is 0 Å². The second-order valence-corrected chi connectivity index (χ2v) is 4.90. The average molecular weight is 233 g/mol. The topological polar surface area (TPSA) is 40.5 Å². The molecular weight excluding hydrogens is 214 g/mol. The van der Waals surface area contributed by atoms with Crippen LogP contribution in [-0.2, 0) is 0 Å². The summed E-state index contributed by atoms with van der Waals surface area (Å²) >= 11 is 0. The van der Waals surface area contributed by atoms with Crippen molar-refractivity contribution >= 4 is 5.91 Å². The molecule has 1 heterocycles. The van der Waals surface area contributed by atoms with Gasteiger partial charge < -0.3 is 10.0 Å². The van der Waals surface area contributed by atoms with Crippen molar-refractivity contribution in [1.82, 2.24) is 4.90 Å². The maximum absolute atomic E-state index is 12.3. The van der Waals surface area contributed by atoms with Crippen LogP contribution in [0.15, 0.2) is 18.2 Å². The van der Waals surface area contributed by atoms with Crippen LogP contribution in [0.25, 0.3) is 0 Å². The molecule has 3 heteroatoms. The van der Waals surface area contributed by atoms with Gasteiger partial charge in [-0.1, -0.05) is 17.2 Å². The van der Waals surface area contributed by atoms with Crippen molar-refractivity contribution in [3.8, 4) is 0 Å². The fourth-order valence-corrected chi connectivity index (χ4v) is 2.35. The molecular formula is C14H19NO2. The minimum absolute atomic E-state index is 0.0868. The molecule has 92 valence electrons. The second kappa shape index (κ2) is 4.88. The summed E-state index contributed by atoms with van der Waals surface area (Å²) in [6.07, 6.45) is 1.14. The van der Waals surface area contributed by atoms with Crippen LogP contribution in [0.1, 0.15) is 34.3 Å². The minimum Gasteiger partial charge on any atom is -0.393 e. The zero-order valence-electron chi connectivity index (χ0n) is 10.4. The molecule has 1 amide bonds. The summed E-state index contributed by atoms with van der Waals surface area (Å²) < 4.78 is 0. The van der Waals surface area contributed by atoms with Gasteiger partial charge in [0.2, 0.25) is 0 Å². The normalized spacial score (nSPS) is 17.2. The Kier molecular flexibility index (Phi) is 3.48. The molecule has 1 aliphatic heterocycles. The number of likely N-dealkylation sites (tertiary alicyclic amines) is 1. The SMILES string of the molecule is Cc1cc(C)cc(C(=O)N2CCC(O)CC2)c1. The van der Waals surface area contributed by atoms with Gasteiger partial charge in [0.25, 0.3) is 5.91 Å². The summed E-state index contributed by atoms with van der Waals surface area (Å²) in [4.78, 5) is 14.1. The smallest absolute Gasteiger partial charge is 0.253 e. The molecule has 3 nitrogen and oxygen atoms in total. The fourth-order valence-electron chi connectivity index (χ4n) is 2.35. The van der Waals surface area contributed by atoms with Crippen LogP contribution in [-0.4, -0.2) is 35.1 Å². The van der Waals surface area contributed by atoms with Crippen molar-refractivity contribution < 1.29 is 9.90 Å². The van der Waals surface area contributed by atoms with E-state index in [0.29, 0.717) is 25.9 Å². The average Bonchev–Trinajstić information content (AvgIpc) is 2.28. The molecule has 1 aliphatic rings. The minimum atomic E-state index is -0.238. The number of carbonyl (C=O) groups excluding carboxylic acids is 1. The Labute approximate surface area is 102 Å². The van der Waals surface area contributed by atoms with Gasteiger partial charge in [-0.3, -0.25) is 4.79 Å². The van der Waals surface area contributed by atoms with Crippen LogP contribution in [0.2, 0.25) is 0 Å². The number of benzene rings is 1. The first-order valence-corrected chi connectivity index (χ1v) is 6.12. The molecule has 2 rings (SSSR count). The zero-order chi connectivity index (χ0) is 12.4. The first-order chi connectivity index (χ1) is 8.06. The van der Waals surface area contributed by atoms with E-state index in [4.69, 9.17) is 0 Å². The van der Waals surface area contributed by atoms with E-state index in [0.717, 1.165) is 16.7 Å². The Morgan fingerprint density at radius 1 is 1.18 bits per heavy atom. The quantitative estimate of drug-likeness (QED) is 0.804. The zero-order valence-corrected chi connectivity index (χ0v) is 10.4. The Hall–Kier alpha value is -1.35. The van der Waals surface area contributed by atoms with E-state index in [1.54, 1.807) is 0 Å².